The normalized spacial score (nSPS) is 13.6. The lowest BCUT2D eigenvalue weighted by molar-refractivity contribution is -0.137. The number of amides is 1. The van der Waals surface area contributed by atoms with E-state index < -0.39 is 29.5 Å². The van der Waals surface area contributed by atoms with E-state index in [1.807, 2.05) is 6.92 Å². The predicted molar refractivity (Wildman–Crippen MR) is 78.5 cm³/mol. The van der Waals surface area contributed by atoms with Gasteiger partial charge in [-0.05, 0) is 44.9 Å². The maximum absolute atomic E-state index is 12.8. The molecule has 0 aliphatic rings. The molecule has 0 spiro atoms. The summed E-state index contributed by atoms with van der Waals surface area (Å²) in [6, 6.07) is 4.49. The summed E-state index contributed by atoms with van der Waals surface area (Å²) in [5.41, 5.74) is -0.964. The largest absolute Gasteiger partial charge is 0.444 e. The molecule has 1 aromatic rings. The molecule has 1 unspecified atom stereocenters. The molecule has 0 heterocycles. The molecule has 124 valence electrons. The molecule has 0 aromatic heterocycles. The van der Waals surface area contributed by atoms with Crippen LogP contribution in [0.1, 0.15) is 57.7 Å². The van der Waals surface area contributed by atoms with Gasteiger partial charge < -0.3 is 10.1 Å². The summed E-state index contributed by atoms with van der Waals surface area (Å²) < 4.78 is 43.5. The summed E-state index contributed by atoms with van der Waals surface area (Å²) in [4.78, 5) is 11.8. The molecule has 0 fully saturated rings. The Balaban J connectivity index is 2.94. The van der Waals surface area contributed by atoms with E-state index in [0.717, 1.165) is 18.6 Å². The fourth-order valence-electron chi connectivity index (χ4n) is 1.99. The summed E-state index contributed by atoms with van der Waals surface area (Å²) in [7, 11) is 0. The summed E-state index contributed by atoms with van der Waals surface area (Å²) in [5, 5.41) is 2.64. The molecule has 1 atom stereocenters. The molecule has 1 amide bonds. The maximum atomic E-state index is 12.8. The molecule has 0 saturated heterocycles. The van der Waals surface area contributed by atoms with Crippen molar-refractivity contribution in [3.8, 4) is 0 Å². The maximum Gasteiger partial charge on any atom is 0.416 e. The van der Waals surface area contributed by atoms with Gasteiger partial charge in [0.1, 0.15) is 5.60 Å². The monoisotopic (exact) mass is 317 g/mol. The van der Waals surface area contributed by atoms with Crippen molar-refractivity contribution in [1.29, 1.82) is 0 Å². The van der Waals surface area contributed by atoms with Crippen molar-refractivity contribution in [2.75, 3.05) is 0 Å². The Morgan fingerprint density at radius 1 is 1.27 bits per heavy atom. The summed E-state index contributed by atoms with van der Waals surface area (Å²) in [6.07, 6.45) is -3.79. The summed E-state index contributed by atoms with van der Waals surface area (Å²) in [6.45, 7) is 7.08. The van der Waals surface area contributed by atoms with E-state index in [0.29, 0.717) is 12.0 Å². The topological polar surface area (TPSA) is 38.3 Å². The molecule has 0 radical (unpaired) electrons. The number of nitrogens with one attached hydrogen (secondary N) is 1. The van der Waals surface area contributed by atoms with E-state index in [1.165, 1.54) is 6.07 Å². The van der Waals surface area contributed by atoms with Crippen LogP contribution in [0.5, 0.6) is 0 Å². The highest BCUT2D eigenvalue weighted by molar-refractivity contribution is 5.68. The number of hydrogen-bond acceptors (Lipinski definition) is 2. The van der Waals surface area contributed by atoms with Gasteiger partial charge in [0, 0.05) is 0 Å². The first-order chi connectivity index (χ1) is 10.0. The van der Waals surface area contributed by atoms with Crippen LogP contribution < -0.4 is 5.32 Å². The summed E-state index contributed by atoms with van der Waals surface area (Å²) in [5.74, 6) is 0. The zero-order valence-electron chi connectivity index (χ0n) is 13.3. The third kappa shape index (κ3) is 5.95. The number of hydrogen-bond donors (Lipinski definition) is 1. The minimum absolute atomic E-state index is 0.419. The lowest BCUT2D eigenvalue weighted by Crippen LogP contribution is -2.35. The second-order valence-electron chi connectivity index (χ2n) is 6.11. The van der Waals surface area contributed by atoms with Crippen LogP contribution in [0, 0.1) is 0 Å². The first-order valence-electron chi connectivity index (χ1n) is 7.19. The van der Waals surface area contributed by atoms with Crippen molar-refractivity contribution in [3.63, 3.8) is 0 Å². The minimum Gasteiger partial charge on any atom is -0.444 e. The van der Waals surface area contributed by atoms with Gasteiger partial charge in [-0.2, -0.15) is 13.2 Å². The van der Waals surface area contributed by atoms with Crippen LogP contribution in [-0.4, -0.2) is 11.7 Å². The van der Waals surface area contributed by atoms with E-state index in [-0.39, 0.29) is 0 Å². The molecule has 0 aliphatic heterocycles. The van der Waals surface area contributed by atoms with E-state index >= 15 is 0 Å². The second-order valence-corrected chi connectivity index (χ2v) is 6.11. The van der Waals surface area contributed by atoms with Crippen LogP contribution in [-0.2, 0) is 10.9 Å². The predicted octanol–water partition coefficient (Wildman–Crippen LogP) is 5.07. The average Bonchev–Trinajstić information content (AvgIpc) is 2.35. The second kappa shape index (κ2) is 7.03. The average molecular weight is 317 g/mol. The van der Waals surface area contributed by atoms with Crippen molar-refractivity contribution in [3.05, 3.63) is 35.4 Å². The van der Waals surface area contributed by atoms with Crippen LogP contribution in [0.3, 0.4) is 0 Å². The molecular formula is C16H22F3NO2. The van der Waals surface area contributed by atoms with Gasteiger partial charge >= 0.3 is 12.3 Å². The molecule has 1 aromatic carbocycles. The number of ether oxygens (including phenoxy) is 1. The van der Waals surface area contributed by atoms with Crippen LogP contribution in [0.25, 0.3) is 0 Å². The number of benzene rings is 1. The quantitative estimate of drug-likeness (QED) is 0.842. The molecule has 0 aliphatic carbocycles. The molecule has 3 nitrogen and oxygen atoms in total. The number of rotatable bonds is 4. The molecule has 22 heavy (non-hydrogen) atoms. The van der Waals surface area contributed by atoms with Gasteiger partial charge in [-0.1, -0.05) is 25.5 Å². The first-order valence-corrected chi connectivity index (χ1v) is 7.19. The Hall–Kier alpha value is -1.72. The minimum atomic E-state index is -4.40. The van der Waals surface area contributed by atoms with Gasteiger partial charge in [0.05, 0.1) is 11.6 Å². The van der Waals surface area contributed by atoms with E-state index in [4.69, 9.17) is 4.74 Å². The first kappa shape index (κ1) is 18.3. The number of alkyl carbamates (subject to hydrolysis) is 1. The molecular weight excluding hydrogens is 295 g/mol. The van der Waals surface area contributed by atoms with Crippen LogP contribution in [0.15, 0.2) is 24.3 Å². The molecule has 6 heteroatoms. The fourth-order valence-corrected chi connectivity index (χ4v) is 1.99. The van der Waals surface area contributed by atoms with Crippen LogP contribution >= 0.6 is 0 Å². The Morgan fingerprint density at radius 2 is 1.91 bits per heavy atom. The van der Waals surface area contributed by atoms with Crippen LogP contribution in [0.2, 0.25) is 0 Å². The third-order valence-corrected chi connectivity index (χ3v) is 2.88. The SMILES string of the molecule is CCCC(NC(=O)OC(C)(C)C)c1cccc(C(F)(F)F)c1. The number of carbonyl (C=O) groups is 1. The highest BCUT2D eigenvalue weighted by Crippen LogP contribution is 2.31. The van der Waals surface area contributed by atoms with Crippen molar-refractivity contribution in [2.45, 2.75) is 58.4 Å². The number of carbonyl (C=O) groups excluding carboxylic acids is 1. The molecule has 0 bridgehead atoms. The van der Waals surface area contributed by atoms with E-state index in [9.17, 15) is 18.0 Å². The van der Waals surface area contributed by atoms with Gasteiger partial charge in [0.2, 0.25) is 0 Å². The molecule has 1 rings (SSSR count). The van der Waals surface area contributed by atoms with E-state index in [1.54, 1.807) is 26.8 Å². The van der Waals surface area contributed by atoms with Crippen molar-refractivity contribution in [2.24, 2.45) is 0 Å². The lowest BCUT2D eigenvalue weighted by Gasteiger charge is -2.24. The van der Waals surface area contributed by atoms with Gasteiger partial charge in [0.25, 0.3) is 0 Å². The van der Waals surface area contributed by atoms with Crippen LogP contribution in [0.4, 0.5) is 18.0 Å². The number of halogens is 3. The van der Waals surface area contributed by atoms with Crippen molar-refractivity contribution >= 4 is 6.09 Å². The zero-order chi connectivity index (χ0) is 17.0. The highest BCUT2D eigenvalue weighted by Gasteiger charge is 2.31. The van der Waals surface area contributed by atoms with Crippen molar-refractivity contribution < 1.29 is 22.7 Å². The van der Waals surface area contributed by atoms with Gasteiger partial charge in [-0.25, -0.2) is 4.79 Å². The zero-order valence-corrected chi connectivity index (χ0v) is 13.3. The molecule has 1 N–H and O–H groups in total. The Kier molecular flexibility index (Phi) is 5.85. The van der Waals surface area contributed by atoms with Gasteiger partial charge in [-0.3, -0.25) is 0 Å². The lowest BCUT2D eigenvalue weighted by atomic mass is 10.00. The third-order valence-electron chi connectivity index (χ3n) is 2.88. The smallest absolute Gasteiger partial charge is 0.416 e. The van der Waals surface area contributed by atoms with Gasteiger partial charge in [0.15, 0.2) is 0 Å². The van der Waals surface area contributed by atoms with E-state index in [2.05, 4.69) is 5.32 Å². The summed E-state index contributed by atoms with van der Waals surface area (Å²) >= 11 is 0. The Morgan fingerprint density at radius 3 is 2.41 bits per heavy atom. The highest BCUT2D eigenvalue weighted by atomic mass is 19.4. The standard InChI is InChI=1S/C16H22F3NO2/c1-5-7-13(20-14(21)22-15(2,3)4)11-8-6-9-12(10-11)16(17,18)19/h6,8-10,13H,5,7H2,1-4H3,(H,20,21). The Labute approximate surface area is 128 Å². The van der Waals surface area contributed by atoms with Gasteiger partial charge in [-0.15, -0.1) is 0 Å². The fraction of sp³-hybridized carbons (Fsp3) is 0.562. The van der Waals surface area contributed by atoms with Crippen molar-refractivity contribution in [1.82, 2.24) is 5.32 Å². The Bertz CT molecular complexity index is 507. The number of alkyl halides is 3. The molecule has 0 saturated carbocycles.